The summed E-state index contributed by atoms with van der Waals surface area (Å²) in [6, 6.07) is 19.5. The summed E-state index contributed by atoms with van der Waals surface area (Å²) < 4.78 is 26.9. The minimum absolute atomic E-state index is 0.133. The van der Waals surface area contributed by atoms with Gasteiger partial charge in [0.1, 0.15) is 4.58 Å². The fourth-order valence-electron chi connectivity index (χ4n) is 2.98. The minimum Gasteiger partial charge on any atom is -0.211 e. The van der Waals surface area contributed by atoms with E-state index in [4.69, 9.17) is 0 Å². The van der Waals surface area contributed by atoms with Crippen LogP contribution in [0.2, 0.25) is 0 Å². The van der Waals surface area contributed by atoms with Crippen LogP contribution in [0.4, 0.5) is 0 Å². The van der Waals surface area contributed by atoms with E-state index in [1.54, 1.807) is 4.31 Å². The molecule has 0 bridgehead atoms. The fraction of sp³-hybridized carbons (Fsp3) is 0.333. The van der Waals surface area contributed by atoms with Crippen LogP contribution in [0.1, 0.15) is 32.4 Å². The second-order valence-electron chi connectivity index (χ2n) is 6.67. The third-order valence-electron chi connectivity index (χ3n) is 3.88. The number of sulfonamides is 1. The maximum absolute atomic E-state index is 12.9. The second kappa shape index (κ2) is 5.96. The van der Waals surface area contributed by atoms with Crippen molar-refractivity contribution in [3.63, 3.8) is 0 Å². The van der Waals surface area contributed by atoms with Gasteiger partial charge in [0, 0.05) is 10.4 Å². The number of hydrogen-bond acceptors (Lipinski definition) is 3. The number of rotatable bonds is 3. The molecule has 5 heteroatoms. The van der Waals surface area contributed by atoms with Crippen LogP contribution in [0.3, 0.4) is 0 Å². The summed E-state index contributed by atoms with van der Waals surface area (Å²) in [7, 11) is -3.32. The summed E-state index contributed by atoms with van der Waals surface area (Å²) in [6.07, 6.45) is 0. The van der Waals surface area contributed by atoms with Crippen LogP contribution >= 0.6 is 11.8 Å². The molecule has 3 nitrogen and oxygen atoms in total. The Morgan fingerprint density at radius 2 is 1.43 bits per heavy atom. The molecule has 0 saturated carbocycles. The fourth-order valence-corrected chi connectivity index (χ4v) is 7.10. The molecule has 0 unspecified atom stereocenters. The average Bonchev–Trinajstić information content (AvgIpc) is 2.51. The molecule has 0 N–H and O–H groups in total. The smallest absolute Gasteiger partial charge is 0.211 e. The van der Waals surface area contributed by atoms with E-state index in [0.29, 0.717) is 0 Å². The van der Waals surface area contributed by atoms with Gasteiger partial charge in [0.25, 0.3) is 0 Å². The zero-order valence-corrected chi connectivity index (χ0v) is 15.1. The first-order valence-electron chi connectivity index (χ1n) is 7.62. The van der Waals surface area contributed by atoms with Crippen molar-refractivity contribution in [1.29, 1.82) is 0 Å². The van der Waals surface area contributed by atoms with E-state index in [0.717, 1.165) is 10.5 Å². The van der Waals surface area contributed by atoms with Gasteiger partial charge in [-0.25, -0.2) is 8.42 Å². The highest BCUT2D eigenvalue weighted by Gasteiger charge is 2.58. The molecule has 23 heavy (non-hydrogen) atoms. The Labute approximate surface area is 142 Å². The number of thioether (sulfide) groups is 1. The van der Waals surface area contributed by atoms with Crippen molar-refractivity contribution in [2.45, 2.75) is 41.8 Å². The third kappa shape index (κ3) is 3.05. The first-order valence-corrected chi connectivity index (χ1v) is 10.00. The van der Waals surface area contributed by atoms with Crippen molar-refractivity contribution in [3.8, 4) is 0 Å². The summed E-state index contributed by atoms with van der Waals surface area (Å²) in [6.45, 7) is 5.84. The molecule has 0 spiro atoms. The summed E-state index contributed by atoms with van der Waals surface area (Å²) in [5.41, 5.74) is 0.610. The van der Waals surface area contributed by atoms with Crippen molar-refractivity contribution >= 4 is 21.8 Å². The van der Waals surface area contributed by atoms with Gasteiger partial charge in [0.15, 0.2) is 0 Å². The van der Waals surface area contributed by atoms with Gasteiger partial charge in [-0.15, -0.1) is 11.8 Å². The zero-order chi connectivity index (χ0) is 16.7. The molecule has 1 fully saturated rings. The molecule has 1 aliphatic heterocycles. The summed E-state index contributed by atoms with van der Waals surface area (Å²) >= 11 is 1.43. The molecule has 2 aromatic carbocycles. The molecule has 0 amide bonds. The Morgan fingerprint density at radius 1 is 0.913 bits per heavy atom. The van der Waals surface area contributed by atoms with Crippen LogP contribution in [0.15, 0.2) is 65.6 Å². The molecule has 0 aromatic heterocycles. The second-order valence-corrected chi connectivity index (χ2v) is 10.1. The Balaban J connectivity index is 2.00. The molecule has 122 valence electrons. The molecule has 2 atom stereocenters. The first-order chi connectivity index (χ1) is 10.8. The van der Waals surface area contributed by atoms with Gasteiger partial charge >= 0.3 is 0 Å². The van der Waals surface area contributed by atoms with Gasteiger partial charge in [-0.1, -0.05) is 48.5 Å². The number of benzene rings is 2. The first kappa shape index (κ1) is 16.6. The van der Waals surface area contributed by atoms with Crippen LogP contribution in [-0.2, 0) is 10.0 Å². The van der Waals surface area contributed by atoms with E-state index in [1.807, 2.05) is 81.4 Å². The molecule has 1 saturated heterocycles. The molecular formula is C18H21NO2S2. The molecule has 1 heterocycles. The van der Waals surface area contributed by atoms with Crippen LogP contribution in [0, 0.1) is 0 Å². The summed E-state index contributed by atoms with van der Waals surface area (Å²) in [5.74, 6) is 0. The quantitative estimate of drug-likeness (QED) is 0.831. The van der Waals surface area contributed by atoms with Crippen molar-refractivity contribution in [2.75, 3.05) is 0 Å². The van der Waals surface area contributed by atoms with Crippen molar-refractivity contribution in [3.05, 3.63) is 66.2 Å². The normalized spacial score (nSPS) is 24.1. The molecule has 2 aromatic rings. The van der Waals surface area contributed by atoms with Crippen LogP contribution in [0.25, 0.3) is 0 Å². The lowest BCUT2D eigenvalue weighted by atomic mass is 10.0. The topological polar surface area (TPSA) is 37.4 Å². The molecule has 3 rings (SSSR count). The Morgan fingerprint density at radius 3 is 1.96 bits per heavy atom. The van der Waals surface area contributed by atoms with Gasteiger partial charge in [-0.05, 0) is 38.5 Å². The lowest BCUT2D eigenvalue weighted by Gasteiger charge is -2.52. The van der Waals surface area contributed by atoms with Crippen molar-refractivity contribution in [2.24, 2.45) is 0 Å². The predicted molar refractivity (Wildman–Crippen MR) is 95.8 cm³/mol. The predicted octanol–water partition coefficient (Wildman–Crippen LogP) is 4.29. The van der Waals surface area contributed by atoms with E-state index in [2.05, 4.69) is 0 Å². The highest BCUT2D eigenvalue weighted by molar-refractivity contribution is 8.13. The van der Waals surface area contributed by atoms with Gasteiger partial charge in [-0.3, -0.25) is 0 Å². The highest BCUT2D eigenvalue weighted by Crippen LogP contribution is 2.52. The van der Waals surface area contributed by atoms with E-state index < -0.39 is 20.1 Å². The molecular weight excluding hydrogens is 326 g/mol. The Bertz CT molecular complexity index is 768. The lowest BCUT2D eigenvalue weighted by molar-refractivity contribution is 0.161. The number of hydrogen-bond donors (Lipinski definition) is 0. The third-order valence-corrected chi connectivity index (χ3v) is 8.10. The Hall–Kier alpha value is -1.30. The maximum atomic E-state index is 12.9. The largest absolute Gasteiger partial charge is 0.229 e. The van der Waals surface area contributed by atoms with E-state index in [9.17, 15) is 8.42 Å². The van der Waals surface area contributed by atoms with Gasteiger partial charge in [0.05, 0.1) is 6.04 Å². The van der Waals surface area contributed by atoms with Gasteiger partial charge in [0.2, 0.25) is 10.0 Å². The monoisotopic (exact) mass is 347 g/mol. The van der Waals surface area contributed by atoms with Gasteiger partial charge in [-0.2, -0.15) is 4.31 Å². The maximum Gasteiger partial charge on any atom is 0.229 e. The Kier molecular flexibility index (Phi) is 4.29. The molecule has 0 radical (unpaired) electrons. The lowest BCUT2D eigenvalue weighted by Crippen LogP contribution is -2.63. The van der Waals surface area contributed by atoms with E-state index >= 15 is 0 Å². The SMILES string of the molecule is CC(C)(C)N1[C@H](c2ccccc2)[C@@H](Sc2ccccc2)S1(=O)=O. The molecule has 0 aliphatic carbocycles. The van der Waals surface area contributed by atoms with Crippen LogP contribution in [-0.4, -0.2) is 22.8 Å². The molecule has 1 aliphatic rings. The highest BCUT2D eigenvalue weighted by atomic mass is 32.3. The summed E-state index contributed by atoms with van der Waals surface area (Å²) in [4.78, 5) is 0.982. The number of nitrogens with zero attached hydrogens (tertiary/aromatic N) is 1. The van der Waals surface area contributed by atoms with Crippen LogP contribution in [0.5, 0.6) is 0 Å². The minimum atomic E-state index is -3.32. The van der Waals surface area contributed by atoms with Crippen LogP contribution < -0.4 is 0 Å². The van der Waals surface area contributed by atoms with E-state index in [-0.39, 0.29) is 6.04 Å². The van der Waals surface area contributed by atoms with Gasteiger partial charge < -0.3 is 0 Å². The van der Waals surface area contributed by atoms with Crippen molar-refractivity contribution < 1.29 is 8.42 Å². The van der Waals surface area contributed by atoms with Crippen molar-refractivity contribution in [1.82, 2.24) is 4.31 Å². The summed E-state index contributed by atoms with van der Waals surface area (Å²) in [5, 5.41) is 0. The zero-order valence-electron chi connectivity index (χ0n) is 13.5. The standard InChI is InChI=1S/C18H21NO2S2/c1-18(2,3)19-16(14-10-6-4-7-11-14)17(23(19,20)21)22-15-12-8-5-9-13-15/h4-13,16-17H,1-3H3/t16-,17+/m1/s1. The van der Waals surface area contributed by atoms with E-state index in [1.165, 1.54) is 11.8 Å². The average molecular weight is 348 g/mol.